The lowest BCUT2D eigenvalue weighted by Gasteiger charge is -2.41. The standard InChI is InChI=1S/C15H29N3O2/c1-11(2)16-15(14(19)20)6-5-13(9-15)18-8-7-17(4)12(3)10-18/h11-13,16H,5-10H2,1-4H3,(H,19,20). The summed E-state index contributed by atoms with van der Waals surface area (Å²) in [6.45, 7) is 9.49. The highest BCUT2D eigenvalue weighted by atomic mass is 16.4. The summed E-state index contributed by atoms with van der Waals surface area (Å²) >= 11 is 0. The molecule has 0 aromatic rings. The average Bonchev–Trinajstić information content (AvgIpc) is 2.77. The van der Waals surface area contributed by atoms with Crippen molar-refractivity contribution in [1.82, 2.24) is 15.1 Å². The normalized spacial score (nSPS) is 36.6. The molecular weight excluding hydrogens is 254 g/mol. The first-order valence-electron chi connectivity index (χ1n) is 7.79. The van der Waals surface area contributed by atoms with Crippen molar-refractivity contribution in [3.05, 3.63) is 0 Å². The molecule has 1 heterocycles. The van der Waals surface area contributed by atoms with Crippen molar-refractivity contribution in [2.75, 3.05) is 26.7 Å². The van der Waals surface area contributed by atoms with Crippen LogP contribution in [0.5, 0.6) is 0 Å². The van der Waals surface area contributed by atoms with Crippen LogP contribution < -0.4 is 5.32 Å². The van der Waals surface area contributed by atoms with Crippen molar-refractivity contribution in [2.24, 2.45) is 0 Å². The van der Waals surface area contributed by atoms with E-state index >= 15 is 0 Å². The van der Waals surface area contributed by atoms with Crippen molar-refractivity contribution in [3.8, 4) is 0 Å². The van der Waals surface area contributed by atoms with Gasteiger partial charge in [-0.3, -0.25) is 15.0 Å². The topological polar surface area (TPSA) is 55.8 Å². The van der Waals surface area contributed by atoms with Gasteiger partial charge in [-0.25, -0.2) is 0 Å². The number of hydrogen-bond donors (Lipinski definition) is 2. The van der Waals surface area contributed by atoms with Crippen molar-refractivity contribution in [1.29, 1.82) is 0 Å². The molecule has 2 N–H and O–H groups in total. The summed E-state index contributed by atoms with van der Waals surface area (Å²) in [7, 11) is 2.17. The Labute approximate surface area is 122 Å². The Morgan fingerprint density at radius 2 is 2.10 bits per heavy atom. The van der Waals surface area contributed by atoms with Gasteiger partial charge < -0.3 is 10.0 Å². The van der Waals surface area contributed by atoms with Crippen LogP contribution in [0.4, 0.5) is 0 Å². The van der Waals surface area contributed by atoms with Crippen LogP contribution in [0.3, 0.4) is 0 Å². The van der Waals surface area contributed by atoms with Crippen LogP contribution in [0, 0.1) is 0 Å². The number of piperazine rings is 1. The second kappa shape index (κ2) is 6.00. The number of hydrogen-bond acceptors (Lipinski definition) is 4. The Hall–Kier alpha value is -0.650. The second-order valence-electron chi connectivity index (χ2n) is 6.91. The van der Waals surface area contributed by atoms with Crippen molar-refractivity contribution < 1.29 is 9.90 Å². The molecule has 20 heavy (non-hydrogen) atoms. The number of nitrogens with zero attached hydrogens (tertiary/aromatic N) is 2. The molecule has 3 atom stereocenters. The molecule has 1 aliphatic heterocycles. The fourth-order valence-corrected chi connectivity index (χ4v) is 3.68. The van der Waals surface area contributed by atoms with E-state index in [4.69, 9.17) is 0 Å². The van der Waals surface area contributed by atoms with Crippen LogP contribution in [-0.2, 0) is 4.79 Å². The van der Waals surface area contributed by atoms with Crippen LogP contribution in [-0.4, -0.2) is 71.2 Å². The van der Waals surface area contributed by atoms with Crippen LogP contribution in [0.1, 0.15) is 40.0 Å². The molecule has 0 aromatic heterocycles. The van der Waals surface area contributed by atoms with Gasteiger partial charge in [0.05, 0.1) is 0 Å². The summed E-state index contributed by atoms with van der Waals surface area (Å²) < 4.78 is 0. The molecule has 0 bridgehead atoms. The molecule has 0 radical (unpaired) electrons. The minimum atomic E-state index is -0.717. The SMILES string of the molecule is CC(C)NC1(C(=O)O)CCC(N2CCN(C)C(C)C2)C1. The Kier molecular flexibility index (Phi) is 4.72. The van der Waals surface area contributed by atoms with Crippen LogP contribution >= 0.6 is 0 Å². The number of carboxylic acids is 1. The molecule has 0 aromatic carbocycles. The average molecular weight is 283 g/mol. The predicted molar refractivity (Wildman–Crippen MR) is 79.9 cm³/mol. The third kappa shape index (κ3) is 3.15. The zero-order chi connectivity index (χ0) is 14.9. The first kappa shape index (κ1) is 15.7. The lowest BCUT2D eigenvalue weighted by Crippen LogP contribution is -2.56. The number of rotatable bonds is 4. The van der Waals surface area contributed by atoms with Crippen LogP contribution in [0.15, 0.2) is 0 Å². The van der Waals surface area contributed by atoms with Crippen molar-refractivity contribution >= 4 is 5.97 Å². The Morgan fingerprint density at radius 3 is 2.65 bits per heavy atom. The molecule has 5 heteroatoms. The quantitative estimate of drug-likeness (QED) is 0.806. The summed E-state index contributed by atoms with van der Waals surface area (Å²) in [5, 5.41) is 12.9. The van der Waals surface area contributed by atoms with Gasteiger partial charge in [0.15, 0.2) is 0 Å². The molecule has 0 spiro atoms. The molecule has 0 amide bonds. The molecule has 5 nitrogen and oxygen atoms in total. The fraction of sp³-hybridized carbons (Fsp3) is 0.933. The van der Waals surface area contributed by atoms with E-state index in [2.05, 4.69) is 29.1 Å². The summed E-state index contributed by atoms with van der Waals surface area (Å²) in [6.07, 6.45) is 2.46. The van der Waals surface area contributed by atoms with Gasteiger partial charge >= 0.3 is 5.97 Å². The first-order chi connectivity index (χ1) is 9.34. The van der Waals surface area contributed by atoms with Gasteiger partial charge in [0.2, 0.25) is 0 Å². The Bertz CT molecular complexity index is 361. The monoisotopic (exact) mass is 283 g/mol. The smallest absolute Gasteiger partial charge is 0.323 e. The summed E-state index contributed by atoms with van der Waals surface area (Å²) in [6, 6.07) is 1.17. The zero-order valence-corrected chi connectivity index (χ0v) is 13.2. The van der Waals surface area contributed by atoms with E-state index < -0.39 is 11.5 Å². The van der Waals surface area contributed by atoms with Crippen LogP contribution in [0.25, 0.3) is 0 Å². The van der Waals surface area contributed by atoms with Gasteiger partial charge in [-0.15, -0.1) is 0 Å². The summed E-state index contributed by atoms with van der Waals surface area (Å²) in [5.74, 6) is -0.684. The molecule has 1 aliphatic carbocycles. The van der Waals surface area contributed by atoms with Crippen molar-refractivity contribution in [2.45, 2.75) is 63.7 Å². The molecule has 2 fully saturated rings. The minimum Gasteiger partial charge on any atom is -0.480 e. The first-order valence-corrected chi connectivity index (χ1v) is 7.79. The van der Waals surface area contributed by atoms with E-state index in [0.717, 1.165) is 38.9 Å². The van der Waals surface area contributed by atoms with Crippen LogP contribution in [0.2, 0.25) is 0 Å². The third-order valence-corrected chi connectivity index (χ3v) is 4.97. The fourth-order valence-electron chi connectivity index (χ4n) is 3.68. The molecule has 2 rings (SSSR count). The van der Waals surface area contributed by atoms with E-state index in [9.17, 15) is 9.90 Å². The van der Waals surface area contributed by atoms with Crippen molar-refractivity contribution in [3.63, 3.8) is 0 Å². The number of carboxylic acid groups (broad SMARTS) is 1. The number of carbonyl (C=O) groups is 1. The van der Waals surface area contributed by atoms with Gasteiger partial charge in [0, 0.05) is 37.8 Å². The minimum absolute atomic E-state index is 0.205. The highest BCUT2D eigenvalue weighted by Gasteiger charge is 2.47. The van der Waals surface area contributed by atoms with E-state index in [-0.39, 0.29) is 6.04 Å². The maximum Gasteiger partial charge on any atom is 0.323 e. The number of aliphatic carboxylic acids is 1. The van der Waals surface area contributed by atoms with E-state index in [1.165, 1.54) is 0 Å². The lowest BCUT2D eigenvalue weighted by atomic mass is 9.96. The van der Waals surface area contributed by atoms with Gasteiger partial charge in [0.25, 0.3) is 0 Å². The molecule has 3 unspecified atom stereocenters. The molecule has 1 saturated carbocycles. The predicted octanol–water partition coefficient (Wildman–Crippen LogP) is 0.996. The van der Waals surface area contributed by atoms with E-state index in [1.54, 1.807) is 0 Å². The maximum absolute atomic E-state index is 11.7. The Balaban J connectivity index is 2.01. The van der Waals surface area contributed by atoms with Gasteiger partial charge in [0.1, 0.15) is 5.54 Å². The number of nitrogens with one attached hydrogen (secondary N) is 1. The van der Waals surface area contributed by atoms with Gasteiger partial charge in [-0.05, 0) is 47.1 Å². The summed E-state index contributed by atoms with van der Waals surface area (Å²) in [5.41, 5.74) is -0.717. The van der Waals surface area contributed by atoms with E-state index in [1.807, 2.05) is 13.8 Å². The molecule has 2 aliphatic rings. The third-order valence-electron chi connectivity index (χ3n) is 4.97. The lowest BCUT2D eigenvalue weighted by molar-refractivity contribution is -0.145. The molecule has 116 valence electrons. The highest BCUT2D eigenvalue weighted by molar-refractivity contribution is 5.79. The highest BCUT2D eigenvalue weighted by Crippen LogP contribution is 2.34. The summed E-state index contributed by atoms with van der Waals surface area (Å²) in [4.78, 5) is 16.6. The second-order valence-corrected chi connectivity index (χ2v) is 6.91. The van der Waals surface area contributed by atoms with Gasteiger partial charge in [-0.2, -0.15) is 0 Å². The largest absolute Gasteiger partial charge is 0.480 e. The van der Waals surface area contributed by atoms with Gasteiger partial charge in [-0.1, -0.05) is 0 Å². The maximum atomic E-state index is 11.7. The Morgan fingerprint density at radius 1 is 1.40 bits per heavy atom. The molecular formula is C15H29N3O2. The zero-order valence-electron chi connectivity index (χ0n) is 13.2. The molecule has 1 saturated heterocycles. The van der Waals surface area contributed by atoms with E-state index in [0.29, 0.717) is 12.1 Å². The number of likely N-dealkylation sites (N-methyl/N-ethyl adjacent to an activating group) is 1.